The molecule has 0 saturated heterocycles. The molecule has 0 heterocycles. The topological polar surface area (TPSA) is 35.2 Å². The van der Waals surface area contributed by atoms with Crippen LogP contribution >= 0.6 is 11.6 Å². The van der Waals surface area contributed by atoms with Gasteiger partial charge < -0.3 is 10.5 Å². The highest BCUT2D eigenvalue weighted by Crippen LogP contribution is 2.33. The van der Waals surface area contributed by atoms with Crippen molar-refractivity contribution in [3.05, 3.63) is 57.6 Å². The molecule has 1 unspecified atom stereocenters. The average molecular weight is 304 g/mol. The average Bonchev–Trinajstić information content (AvgIpc) is 2.35. The van der Waals surface area contributed by atoms with Crippen molar-refractivity contribution < 1.29 is 4.74 Å². The van der Waals surface area contributed by atoms with Gasteiger partial charge in [-0.3, -0.25) is 0 Å². The maximum absolute atomic E-state index is 6.17. The molecule has 2 N–H and O–H groups in total. The summed E-state index contributed by atoms with van der Waals surface area (Å²) in [6, 6.07) is 10.1. The van der Waals surface area contributed by atoms with Crippen LogP contribution in [0.1, 0.15) is 29.2 Å². The largest absolute Gasteiger partial charge is 0.457 e. The van der Waals surface area contributed by atoms with Gasteiger partial charge in [0, 0.05) is 11.1 Å². The van der Waals surface area contributed by atoms with Gasteiger partial charge in [-0.1, -0.05) is 29.3 Å². The normalized spacial score (nSPS) is 12.3. The van der Waals surface area contributed by atoms with E-state index in [1.807, 2.05) is 39.0 Å². The molecule has 0 aliphatic rings. The van der Waals surface area contributed by atoms with E-state index in [4.69, 9.17) is 22.1 Å². The molecule has 0 aromatic heterocycles. The third kappa shape index (κ3) is 3.99. The lowest BCUT2D eigenvalue weighted by atomic mass is 10.0. The molecule has 0 bridgehead atoms. The Labute approximate surface area is 131 Å². The highest BCUT2D eigenvalue weighted by Gasteiger charge is 2.11. The third-order valence-corrected chi connectivity index (χ3v) is 3.61. The lowest BCUT2D eigenvalue weighted by Gasteiger charge is -2.17. The van der Waals surface area contributed by atoms with E-state index in [0.717, 1.165) is 39.6 Å². The summed E-state index contributed by atoms with van der Waals surface area (Å²) in [5, 5.41) is 0.733. The first-order chi connectivity index (χ1) is 9.86. The maximum atomic E-state index is 6.17. The van der Waals surface area contributed by atoms with Gasteiger partial charge >= 0.3 is 0 Å². The van der Waals surface area contributed by atoms with Crippen molar-refractivity contribution in [3.8, 4) is 11.5 Å². The Bertz CT molecular complexity index is 627. The molecular formula is C18H22ClNO. The first-order valence-electron chi connectivity index (χ1n) is 7.16. The van der Waals surface area contributed by atoms with Gasteiger partial charge in [0.25, 0.3) is 0 Å². The number of hydrogen-bond donors (Lipinski definition) is 1. The van der Waals surface area contributed by atoms with Crippen LogP contribution in [0.25, 0.3) is 0 Å². The minimum atomic E-state index is 0.0987. The van der Waals surface area contributed by atoms with Gasteiger partial charge in [0.2, 0.25) is 0 Å². The first-order valence-corrected chi connectivity index (χ1v) is 7.54. The lowest BCUT2D eigenvalue weighted by molar-refractivity contribution is 0.466. The molecule has 3 heteroatoms. The van der Waals surface area contributed by atoms with Crippen LogP contribution in [-0.2, 0) is 6.42 Å². The van der Waals surface area contributed by atoms with E-state index in [0.29, 0.717) is 0 Å². The Balaban J connectivity index is 2.40. The summed E-state index contributed by atoms with van der Waals surface area (Å²) in [7, 11) is 0. The summed E-state index contributed by atoms with van der Waals surface area (Å²) in [5.41, 5.74) is 10.4. The molecular weight excluding hydrogens is 282 g/mol. The van der Waals surface area contributed by atoms with E-state index in [2.05, 4.69) is 19.1 Å². The molecule has 1 atom stereocenters. The fourth-order valence-electron chi connectivity index (χ4n) is 2.48. The summed E-state index contributed by atoms with van der Waals surface area (Å²) in [4.78, 5) is 0. The molecule has 0 saturated carbocycles. The van der Waals surface area contributed by atoms with E-state index >= 15 is 0 Å². The number of ether oxygens (including phenoxy) is 1. The van der Waals surface area contributed by atoms with Crippen LogP contribution in [0.4, 0.5) is 0 Å². The summed E-state index contributed by atoms with van der Waals surface area (Å²) >= 11 is 6.07. The SMILES string of the molecule is Cc1ccc(Oc2c(C)cc(Cl)cc2C)c(CC(C)N)c1. The van der Waals surface area contributed by atoms with Crippen molar-refractivity contribution in [3.63, 3.8) is 0 Å². The van der Waals surface area contributed by atoms with Gasteiger partial charge in [0.1, 0.15) is 11.5 Å². The molecule has 2 nitrogen and oxygen atoms in total. The van der Waals surface area contributed by atoms with Gasteiger partial charge in [-0.15, -0.1) is 0 Å². The van der Waals surface area contributed by atoms with Gasteiger partial charge in [-0.25, -0.2) is 0 Å². The zero-order valence-corrected chi connectivity index (χ0v) is 13.8. The standard InChI is InChI=1S/C18H22ClNO/c1-11-5-6-17(15(7-11)10-14(4)20)21-18-12(2)8-16(19)9-13(18)3/h5-9,14H,10,20H2,1-4H3. The molecule has 2 aromatic carbocycles. The second-order valence-corrected chi connectivity index (χ2v) is 6.20. The summed E-state index contributed by atoms with van der Waals surface area (Å²) in [6.45, 7) is 8.10. The second-order valence-electron chi connectivity index (χ2n) is 5.76. The molecule has 0 fully saturated rings. The number of aryl methyl sites for hydroxylation is 3. The minimum Gasteiger partial charge on any atom is -0.457 e. The first kappa shape index (κ1) is 15.9. The molecule has 112 valence electrons. The monoisotopic (exact) mass is 303 g/mol. The Kier molecular flexibility index (Phi) is 4.92. The van der Waals surface area contributed by atoms with Crippen molar-refractivity contribution in [1.29, 1.82) is 0 Å². The Morgan fingerprint density at radius 2 is 1.71 bits per heavy atom. The van der Waals surface area contributed by atoms with Crippen LogP contribution < -0.4 is 10.5 Å². The highest BCUT2D eigenvalue weighted by molar-refractivity contribution is 6.30. The minimum absolute atomic E-state index is 0.0987. The zero-order valence-electron chi connectivity index (χ0n) is 13.0. The summed E-state index contributed by atoms with van der Waals surface area (Å²) in [6.07, 6.45) is 0.794. The van der Waals surface area contributed by atoms with Crippen LogP contribution in [0.15, 0.2) is 30.3 Å². The van der Waals surface area contributed by atoms with E-state index in [1.165, 1.54) is 5.56 Å². The number of halogens is 1. The molecule has 0 aliphatic heterocycles. The van der Waals surface area contributed by atoms with Crippen molar-refractivity contribution in [2.45, 2.75) is 40.2 Å². The van der Waals surface area contributed by atoms with Gasteiger partial charge in [0.05, 0.1) is 0 Å². The molecule has 2 rings (SSSR count). The molecule has 21 heavy (non-hydrogen) atoms. The van der Waals surface area contributed by atoms with Gasteiger partial charge in [-0.05, 0) is 69.0 Å². The quantitative estimate of drug-likeness (QED) is 0.867. The van der Waals surface area contributed by atoms with Crippen LogP contribution in [0.3, 0.4) is 0 Å². The predicted molar refractivity (Wildman–Crippen MR) is 89.5 cm³/mol. The molecule has 0 spiro atoms. The smallest absolute Gasteiger partial charge is 0.133 e. The van der Waals surface area contributed by atoms with Crippen molar-refractivity contribution in [2.24, 2.45) is 5.73 Å². The third-order valence-electron chi connectivity index (χ3n) is 3.39. The van der Waals surface area contributed by atoms with Crippen molar-refractivity contribution >= 4 is 11.6 Å². The lowest BCUT2D eigenvalue weighted by Crippen LogP contribution is -2.18. The van der Waals surface area contributed by atoms with E-state index in [9.17, 15) is 0 Å². The molecule has 2 aromatic rings. The maximum Gasteiger partial charge on any atom is 0.133 e. The number of benzene rings is 2. The zero-order chi connectivity index (χ0) is 15.6. The summed E-state index contributed by atoms with van der Waals surface area (Å²) in [5.74, 6) is 1.74. The fraction of sp³-hybridized carbons (Fsp3) is 0.333. The van der Waals surface area contributed by atoms with Crippen molar-refractivity contribution in [1.82, 2.24) is 0 Å². The van der Waals surface area contributed by atoms with Crippen LogP contribution in [-0.4, -0.2) is 6.04 Å². The Morgan fingerprint density at radius 3 is 2.29 bits per heavy atom. The second kappa shape index (κ2) is 6.50. The van der Waals surface area contributed by atoms with Crippen LogP contribution in [0, 0.1) is 20.8 Å². The highest BCUT2D eigenvalue weighted by atomic mass is 35.5. The Morgan fingerprint density at radius 1 is 1.10 bits per heavy atom. The predicted octanol–water partition coefficient (Wildman–Crippen LogP) is 4.95. The number of nitrogens with two attached hydrogens (primary N) is 1. The fourth-order valence-corrected chi connectivity index (χ4v) is 2.81. The van der Waals surface area contributed by atoms with E-state index in [1.54, 1.807) is 0 Å². The Hall–Kier alpha value is -1.51. The van der Waals surface area contributed by atoms with E-state index in [-0.39, 0.29) is 6.04 Å². The molecule has 0 radical (unpaired) electrons. The van der Waals surface area contributed by atoms with Gasteiger partial charge in [-0.2, -0.15) is 0 Å². The number of hydrogen-bond acceptors (Lipinski definition) is 2. The van der Waals surface area contributed by atoms with Crippen LogP contribution in [0.2, 0.25) is 5.02 Å². The molecule has 0 aliphatic carbocycles. The van der Waals surface area contributed by atoms with Gasteiger partial charge in [0.15, 0.2) is 0 Å². The molecule has 0 amide bonds. The number of rotatable bonds is 4. The van der Waals surface area contributed by atoms with Crippen LogP contribution in [0.5, 0.6) is 11.5 Å². The van der Waals surface area contributed by atoms with E-state index < -0.39 is 0 Å². The summed E-state index contributed by atoms with van der Waals surface area (Å²) < 4.78 is 6.17. The van der Waals surface area contributed by atoms with Crippen molar-refractivity contribution in [2.75, 3.05) is 0 Å².